The van der Waals surface area contributed by atoms with E-state index in [2.05, 4.69) is 64.1 Å². The summed E-state index contributed by atoms with van der Waals surface area (Å²) in [4.78, 5) is 8.80. The van der Waals surface area contributed by atoms with E-state index >= 15 is 0 Å². The summed E-state index contributed by atoms with van der Waals surface area (Å²) in [5.41, 5.74) is 2.29. The summed E-state index contributed by atoms with van der Waals surface area (Å²) in [6, 6.07) is 6.30. The number of ether oxygens (including phenoxy) is 2. The Morgan fingerprint density at radius 2 is 2.13 bits per heavy atom. The summed E-state index contributed by atoms with van der Waals surface area (Å²) < 4.78 is 13.8. The zero-order chi connectivity index (χ0) is 20.6. The fourth-order valence-corrected chi connectivity index (χ4v) is 3.33. The third-order valence-corrected chi connectivity index (χ3v) is 4.85. The highest BCUT2D eigenvalue weighted by Crippen LogP contribution is 2.23. The number of hydrogen-bond donors (Lipinski definition) is 2. The molecule has 1 saturated heterocycles. The second-order valence-corrected chi connectivity index (χ2v) is 7.88. The molecule has 1 unspecified atom stereocenters. The van der Waals surface area contributed by atoms with Crippen LogP contribution in [0.4, 0.5) is 0 Å². The SMILES string of the molecule is CN=C(NCc1ccc(C)cc1OC1CCOC1)NCc1nccn1CC(C)C.I. The number of aromatic nitrogens is 2. The Balaban J connectivity index is 0.00000320. The van der Waals surface area contributed by atoms with Crippen molar-refractivity contribution in [3.05, 3.63) is 47.5 Å². The number of rotatable bonds is 8. The van der Waals surface area contributed by atoms with Crippen LogP contribution in [0.3, 0.4) is 0 Å². The predicted octanol–water partition coefficient (Wildman–Crippen LogP) is 3.50. The van der Waals surface area contributed by atoms with Crippen molar-refractivity contribution in [2.75, 3.05) is 20.3 Å². The third kappa shape index (κ3) is 7.16. The van der Waals surface area contributed by atoms with Crippen LogP contribution in [0.5, 0.6) is 5.75 Å². The van der Waals surface area contributed by atoms with E-state index in [0.717, 1.165) is 42.7 Å². The van der Waals surface area contributed by atoms with Crippen LogP contribution in [-0.4, -0.2) is 41.9 Å². The molecule has 2 heterocycles. The minimum absolute atomic E-state index is 0. The lowest BCUT2D eigenvalue weighted by Crippen LogP contribution is -2.37. The van der Waals surface area contributed by atoms with Crippen molar-refractivity contribution in [1.82, 2.24) is 20.2 Å². The Morgan fingerprint density at radius 3 is 2.83 bits per heavy atom. The van der Waals surface area contributed by atoms with Crippen LogP contribution < -0.4 is 15.4 Å². The summed E-state index contributed by atoms with van der Waals surface area (Å²) in [5.74, 6) is 3.23. The van der Waals surface area contributed by atoms with Gasteiger partial charge in [-0.15, -0.1) is 24.0 Å². The first kappa shape index (κ1) is 24.5. The highest BCUT2D eigenvalue weighted by Gasteiger charge is 2.19. The first-order valence-corrected chi connectivity index (χ1v) is 10.3. The zero-order valence-electron chi connectivity index (χ0n) is 18.4. The molecule has 0 radical (unpaired) electrons. The van der Waals surface area contributed by atoms with Gasteiger partial charge in [0.1, 0.15) is 17.7 Å². The Labute approximate surface area is 196 Å². The van der Waals surface area contributed by atoms with Gasteiger partial charge in [-0.05, 0) is 24.5 Å². The van der Waals surface area contributed by atoms with Crippen LogP contribution in [0.15, 0.2) is 35.6 Å². The van der Waals surface area contributed by atoms with E-state index in [9.17, 15) is 0 Å². The van der Waals surface area contributed by atoms with E-state index in [4.69, 9.17) is 9.47 Å². The summed E-state index contributed by atoms with van der Waals surface area (Å²) >= 11 is 0. The van der Waals surface area contributed by atoms with Gasteiger partial charge in [-0.3, -0.25) is 4.99 Å². The van der Waals surface area contributed by atoms with E-state index in [1.807, 2.05) is 12.4 Å². The maximum Gasteiger partial charge on any atom is 0.191 e. The van der Waals surface area contributed by atoms with Gasteiger partial charge in [0.2, 0.25) is 0 Å². The lowest BCUT2D eigenvalue weighted by atomic mass is 10.1. The van der Waals surface area contributed by atoms with Gasteiger partial charge in [-0.25, -0.2) is 4.98 Å². The van der Waals surface area contributed by atoms with Crippen LogP contribution in [0, 0.1) is 12.8 Å². The molecule has 1 aromatic heterocycles. The van der Waals surface area contributed by atoms with Gasteiger partial charge < -0.3 is 24.7 Å². The Kier molecular flexibility index (Phi) is 9.90. The van der Waals surface area contributed by atoms with Gasteiger partial charge in [0.05, 0.1) is 19.8 Å². The highest BCUT2D eigenvalue weighted by molar-refractivity contribution is 14.0. The van der Waals surface area contributed by atoms with Crippen LogP contribution >= 0.6 is 24.0 Å². The molecule has 0 spiro atoms. The molecule has 0 amide bonds. The molecule has 1 aliphatic rings. The van der Waals surface area contributed by atoms with Gasteiger partial charge in [0, 0.05) is 44.5 Å². The topological polar surface area (TPSA) is 72.7 Å². The highest BCUT2D eigenvalue weighted by atomic mass is 127. The molecule has 0 aliphatic carbocycles. The molecule has 8 heteroatoms. The van der Waals surface area contributed by atoms with Crippen LogP contribution in [0.1, 0.15) is 37.2 Å². The molecule has 3 rings (SSSR count). The standard InChI is InChI=1S/C22H33N5O2.HI/c1-16(2)14-27-9-8-24-21(27)13-26-22(23-4)25-12-18-6-5-17(3)11-20(18)29-19-7-10-28-15-19;/h5-6,8-9,11,16,19H,7,10,12-15H2,1-4H3,(H2,23,25,26);1H. The van der Waals surface area contributed by atoms with E-state index in [1.165, 1.54) is 5.56 Å². The van der Waals surface area contributed by atoms with Gasteiger partial charge in [-0.2, -0.15) is 0 Å². The monoisotopic (exact) mass is 527 g/mol. The minimum atomic E-state index is 0. The Bertz CT molecular complexity index is 816. The van der Waals surface area contributed by atoms with Crippen LogP contribution in [0.25, 0.3) is 0 Å². The van der Waals surface area contributed by atoms with E-state index < -0.39 is 0 Å². The number of hydrogen-bond acceptors (Lipinski definition) is 4. The van der Waals surface area contributed by atoms with Crippen molar-refractivity contribution in [1.29, 1.82) is 0 Å². The molecule has 1 fully saturated rings. The molecule has 166 valence electrons. The maximum atomic E-state index is 6.19. The summed E-state index contributed by atoms with van der Waals surface area (Å²) in [5, 5.41) is 6.74. The quantitative estimate of drug-likeness (QED) is 0.313. The molecule has 1 aliphatic heterocycles. The van der Waals surface area contributed by atoms with Crippen LogP contribution in [0.2, 0.25) is 0 Å². The fraction of sp³-hybridized carbons (Fsp3) is 0.545. The number of benzene rings is 1. The average molecular weight is 527 g/mol. The lowest BCUT2D eigenvalue weighted by molar-refractivity contribution is 0.140. The first-order valence-electron chi connectivity index (χ1n) is 10.3. The first-order chi connectivity index (χ1) is 14.0. The number of imidazole rings is 1. The fourth-order valence-electron chi connectivity index (χ4n) is 3.33. The molecule has 7 nitrogen and oxygen atoms in total. The lowest BCUT2D eigenvalue weighted by Gasteiger charge is -2.18. The predicted molar refractivity (Wildman–Crippen MR) is 131 cm³/mol. The van der Waals surface area contributed by atoms with Gasteiger partial charge >= 0.3 is 0 Å². The number of guanidine groups is 1. The molecule has 1 aromatic carbocycles. The normalized spacial score (nSPS) is 16.4. The molecule has 2 aromatic rings. The van der Waals surface area contributed by atoms with Crippen molar-refractivity contribution >= 4 is 29.9 Å². The van der Waals surface area contributed by atoms with Crippen molar-refractivity contribution in [2.24, 2.45) is 10.9 Å². The number of halogens is 1. The third-order valence-electron chi connectivity index (χ3n) is 4.85. The zero-order valence-corrected chi connectivity index (χ0v) is 20.7. The number of nitrogens with one attached hydrogen (secondary N) is 2. The number of aryl methyl sites for hydroxylation is 1. The number of nitrogens with zero attached hydrogens (tertiary/aromatic N) is 3. The van der Waals surface area contributed by atoms with E-state index in [0.29, 0.717) is 25.6 Å². The van der Waals surface area contributed by atoms with Crippen molar-refractivity contribution in [3.8, 4) is 5.75 Å². The van der Waals surface area contributed by atoms with Crippen molar-refractivity contribution < 1.29 is 9.47 Å². The summed E-state index contributed by atoms with van der Waals surface area (Å²) in [6.45, 7) is 10.1. The maximum absolute atomic E-state index is 6.19. The van der Waals surface area contributed by atoms with Crippen molar-refractivity contribution in [3.63, 3.8) is 0 Å². The Morgan fingerprint density at radius 1 is 1.33 bits per heavy atom. The average Bonchev–Trinajstić information content (AvgIpc) is 3.35. The van der Waals surface area contributed by atoms with Gasteiger partial charge in [-0.1, -0.05) is 26.0 Å². The molecule has 0 bridgehead atoms. The Hall–Kier alpha value is -1.81. The minimum Gasteiger partial charge on any atom is -0.488 e. The van der Waals surface area contributed by atoms with Crippen molar-refractivity contribution in [2.45, 2.75) is 52.9 Å². The summed E-state index contributed by atoms with van der Waals surface area (Å²) in [6.07, 6.45) is 4.94. The van der Waals surface area contributed by atoms with E-state index in [-0.39, 0.29) is 30.1 Å². The largest absolute Gasteiger partial charge is 0.488 e. The molecule has 30 heavy (non-hydrogen) atoms. The second kappa shape index (κ2) is 12.1. The molecule has 0 saturated carbocycles. The van der Waals surface area contributed by atoms with Gasteiger partial charge in [0.25, 0.3) is 0 Å². The number of aliphatic imine (C=N–C) groups is 1. The summed E-state index contributed by atoms with van der Waals surface area (Å²) in [7, 11) is 1.78. The molecular weight excluding hydrogens is 493 g/mol. The van der Waals surface area contributed by atoms with Crippen LogP contribution in [-0.2, 0) is 24.4 Å². The molecular formula is C22H34IN5O2. The molecule has 2 N–H and O–H groups in total. The smallest absolute Gasteiger partial charge is 0.191 e. The van der Waals surface area contributed by atoms with E-state index in [1.54, 1.807) is 7.05 Å². The molecule has 1 atom stereocenters. The second-order valence-electron chi connectivity index (χ2n) is 7.88. The van der Waals surface area contributed by atoms with Gasteiger partial charge in [0.15, 0.2) is 5.96 Å².